The van der Waals surface area contributed by atoms with Gasteiger partial charge in [-0.3, -0.25) is 4.90 Å². The summed E-state index contributed by atoms with van der Waals surface area (Å²) in [6.45, 7) is 3.39. The molecule has 1 fully saturated rings. The molecule has 0 bridgehead atoms. The molecule has 1 aromatic carbocycles. The lowest BCUT2D eigenvalue weighted by Crippen LogP contribution is -2.29. The van der Waals surface area contributed by atoms with E-state index >= 15 is 0 Å². The zero-order valence-electron chi connectivity index (χ0n) is 11.7. The van der Waals surface area contributed by atoms with Crippen LogP contribution in [0.3, 0.4) is 0 Å². The first-order valence-corrected chi connectivity index (χ1v) is 6.82. The van der Waals surface area contributed by atoms with Crippen molar-refractivity contribution >= 4 is 12.4 Å². The second kappa shape index (κ2) is 6.88. The Hall–Kier alpha value is -1.36. The summed E-state index contributed by atoms with van der Waals surface area (Å²) in [4.78, 5) is 6.58. The van der Waals surface area contributed by atoms with Gasteiger partial charge in [-0.15, -0.1) is 12.4 Å². The zero-order valence-corrected chi connectivity index (χ0v) is 12.5. The molecular weight excluding hydrogens is 272 g/mol. The zero-order chi connectivity index (χ0) is 13.1. The number of nitrogens with one attached hydrogen (secondary N) is 1. The van der Waals surface area contributed by atoms with Crippen LogP contribution in [-0.4, -0.2) is 40.6 Å². The number of nitrogens with zero attached hydrogens (tertiary/aromatic N) is 3. The van der Waals surface area contributed by atoms with E-state index in [9.17, 15) is 0 Å². The van der Waals surface area contributed by atoms with Crippen LogP contribution in [0.1, 0.15) is 12.0 Å². The molecule has 3 rings (SSSR count). The fourth-order valence-corrected chi connectivity index (χ4v) is 2.66. The molecule has 2 heterocycles. The first kappa shape index (κ1) is 15.0. The summed E-state index contributed by atoms with van der Waals surface area (Å²) in [5.74, 6) is 0. The van der Waals surface area contributed by atoms with Gasteiger partial charge < -0.3 is 9.88 Å². The first-order chi connectivity index (χ1) is 9.35. The molecule has 5 heteroatoms. The fourth-order valence-electron chi connectivity index (χ4n) is 2.66. The number of hydrogen-bond acceptors (Lipinski definition) is 3. The number of likely N-dealkylation sites (tertiary alicyclic amines) is 1. The molecule has 2 aromatic rings. The average molecular weight is 293 g/mol. The lowest BCUT2D eigenvalue weighted by Gasteiger charge is -2.16. The molecule has 4 nitrogen and oxygen atoms in total. The Morgan fingerprint density at radius 2 is 2.10 bits per heavy atom. The Labute approximate surface area is 126 Å². The molecule has 20 heavy (non-hydrogen) atoms. The van der Waals surface area contributed by atoms with E-state index < -0.39 is 0 Å². The van der Waals surface area contributed by atoms with Gasteiger partial charge in [-0.1, -0.05) is 12.1 Å². The molecule has 0 aliphatic carbocycles. The van der Waals surface area contributed by atoms with Gasteiger partial charge >= 0.3 is 0 Å². The van der Waals surface area contributed by atoms with Gasteiger partial charge in [0.1, 0.15) is 0 Å². The molecule has 0 amide bonds. The van der Waals surface area contributed by atoms with Crippen molar-refractivity contribution < 1.29 is 0 Å². The number of likely N-dealkylation sites (N-methyl/N-ethyl adjacent to an activating group) is 1. The second-order valence-electron chi connectivity index (χ2n) is 5.15. The maximum atomic E-state index is 4.07. The third-order valence-electron chi connectivity index (χ3n) is 3.83. The van der Waals surface area contributed by atoms with Crippen molar-refractivity contribution in [2.24, 2.45) is 0 Å². The van der Waals surface area contributed by atoms with E-state index in [1.54, 1.807) is 6.20 Å². The Bertz CT molecular complexity index is 509. The quantitative estimate of drug-likeness (QED) is 0.937. The molecule has 1 aliphatic rings. The number of benzene rings is 1. The fraction of sp³-hybridized carbons (Fsp3) is 0.400. The molecule has 1 aliphatic heterocycles. The minimum absolute atomic E-state index is 0. The predicted molar refractivity (Wildman–Crippen MR) is 83.6 cm³/mol. The molecule has 0 saturated carbocycles. The van der Waals surface area contributed by atoms with Crippen molar-refractivity contribution in [3.63, 3.8) is 0 Å². The standard InChI is InChI=1S/C15H20N4.ClH/c1-16-14-6-8-18(11-14)10-13-2-4-15(5-3-13)19-9-7-17-12-19;/h2-5,7,9,12,14,16H,6,8,10-11H2,1H3;1H. The Kier molecular flexibility index (Phi) is 5.17. The largest absolute Gasteiger partial charge is 0.316 e. The number of aromatic nitrogens is 2. The summed E-state index contributed by atoms with van der Waals surface area (Å²) in [6, 6.07) is 9.39. The molecule has 0 spiro atoms. The minimum Gasteiger partial charge on any atom is -0.316 e. The van der Waals surface area contributed by atoms with Crippen LogP contribution in [-0.2, 0) is 6.54 Å². The van der Waals surface area contributed by atoms with Crippen LogP contribution < -0.4 is 5.32 Å². The molecule has 1 unspecified atom stereocenters. The van der Waals surface area contributed by atoms with Gasteiger partial charge in [0.15, 0.2) is 0 Å². The summed E-state index contributed by atoms with van der Waals surface area (Å²) in [7, 11) is 2.05. The number of imidazole rings is 1. The van der Waals surface area contributed by atoms with Gasteiger partial charge in [0.25, 0.3) is 0 Å². The van der Waals surface area contributed by atoms with E-state index in [2.05, 4.69) is 39.5 Å². The Morgan fingerprint density at radius 3 is 2.70 bits per heavy atom. The van der Waals surface area contributed by atoms with Crippen LogP contribution >= 0.6 is 12.4 Å². The third kappa shape index (κ3) is 3.39. The number of halogens is 1. The van der Waals surface area contributed by atoms with Gasteiger partial charge in [0, 0.05) is 43.8 Å². The first-order valence-electron chi connectivity index (χ1n) is 6.82. The van der Waals surface area contributed by atoms with Crippen molar-refractivity contribution in [2.45, 2.75) is 19.0 Å². The van der Waals surface area contributed by atoms with Crippen LogP contribution in [0.25, 0.3) is 5.69 Å². The van der Waals surface area contributed by atoms with Crippen molar-refractivity contribution in [1.29, 1.82) is 0 Å². The van der Waals surface area contributed by atoms with E-state index in [1.165, 1.54) is 18.5 Å². The predicted octanol–water partition coefficient (Wildman–Crippen LogP) is 2.09. The SMILES string of the molecule is CNC1CCN(Cc2ccc(-n3ccnc3)cc2)C1.Cl. The maximum Gasteiger partial charge on any atom is 0.0991 e. The van der Waals surface area contributed by atoms with Crippen LogP contribution in [0.5, 0.6) is 0 Å². The van der Waals surface area contributed by atoms with Crippen LogP contribution in [0.15, 0.2) is 43.0 Å². The molecule has 0 radical (unpaired) electrons. The van der Waals surface area contributed by atoms with E-state index in [0.717, 1.165) is 18.8 Å². The second-order valence-corrected chi connectivity index (χ2v) is 5.15. The maximum absolute atomic E-state index is 4.07. The summed E-state index contributed by atoms with van der Waals surface area (Å²) in [5, 5.41) is 3.36. The summed E-state index contributed by atoms with van der Waals surface area (Å²) in [5.41, 5.74) is 2.54. The molecule has 1 aromatic heterocycles. The highest BCUT2D eigenvalue weighted by molar-refractivity contribution is 5.85. The topological polar surface area (TPSA) is 33.1 Å². The molecule has 1 saturated heterocycles. The number of hydrogen-bond donors (Lipinski definition) is 1. The van der Waals surface area contributed by atoms with Crippen molar-refractivity contribution in [2.75, 3.05) is 20.1 Å². The van der Waals surface area contributed by atoms with E-state index in [-0.39, 0.29) is 12.4 Å². The highest BCUT2D eigenvalue weighted by Crippen LogP contribution is 2.15. The summed E-state index contributed by atoms with van der Waals surface area (Å²) < 4.78 is 2.02. The highest BCUT2D eigenvalue weighted by atomic mass is 35.5. The smallest absolute Gasteiger partial charge is 0.0991 e. The van der Waals surface area contributed by atoms with Gasteiger partial charge in [-0.05, 0) is 31.2 Å². The van der Waals surface area contributed by atoms with Crippen LogP contribution in [0.4, 0.5) is 0 Å². The Balaban J connectivity index is 0.00000147. The molecule has 1 atom stereocenters. The van der Waals surface area contributed by atoms with Gasteiger partial charge in [0.2, 0.25) is 0 Å². The van der Waals surface area contributed by atoms with Crippen molar-refractivity contribution in [1.82, 2.24) is 19.8 Å². The van der Waals surface area contributed by atoms with Gasteiger partial charge in [-0.25, -0.2) is 4.98 Å². The van der Waals surface area contributed by atoms with Gasteiger partial charge in [-0.2, -0.15) is 0 Å². The van der Waals surface area contributed by atoms with E-state index in [0.29, 0.717) is 6.04 Å². The Morgan fingerprint density at radius 1 is 1.30 bits per heavy atom. The summed E-state index contributed by atoms with van der Waals surface area (Å²) >= 11 is 0. The van der Waals surface area contributed by atoms with Crippen LogP contribution in [0, 0.1) is 0 Å². The third-order valence-corrected chi connectivity index (χ3v) is 3.83. The normalized spacial score (nSPS) is 18.9. The average Bonchev–Trinajstić information content (AvgIpc) is 3.10. The molecule has 1 N–H and O–H groups in total. The van der Waals surface area contributed by atoms with E-state index in [1.807, 2.05) is 24.1 Å². The monoisotopic (exact) mass is 292 g/mol. The molecule has 108 valence electrons. The lowest BCUT2D eigenvalue weighted by atomic mass is 10.2. The van der Waals surface area contributed by atoms with Crippen molar-refractivity contribution in [3.8, 4) is 5.69 Å². The summed E-state index contributed by atoms with van der Waals surface area (Å²) in [6.07, 6.45) is 6.85. The minimum atomic E-state index is 0. The van der Waals surface area contributed by atoms with Crippen molar-refractivity contribution in [3.05, 3.63) is 48.5 Å². The number of rotatable bonds is 4. The van der Waals surface area contributed by atoms with E-state index in [4.69, 9.17) is 0 Å². The van der Waals surface area contributed by atoms with Crippen LogP contribution in [0.2, 0.25) is 0 Å². The van der Waals surface area contributed by atoms with Gasteiger partial charge in [0.05, 0.1) is 6.33 Å². The highest BCUT2D eigenvalue weighted by Gasteiger charge is 2.20. The lowest BCUT2D eigenvalue weighted by molar-refractivity contribution is 0.322. The molecular formula is C15H21ClN4.